The van der Waals surface area contributed by atoms with Crippen LogP contribution in [0.2, 0.25) is 0 Å². The lowest BCUT2D eigenvalue weighted by Crippen LogP contribution is -2.52. The summed E-state index contributed by atoms with van der Waals surface area (Å²) in [5.74, 6) is 0.871. The summed E-state index contributed by atoms with van der Waals surface area (Å²) >= 11 is 0. The van der Waals surface area contributed by atoms with Gasteiger partial charge >= 0.3 is 0 Å². The molecule has 3 fully saturated rings. The summed E-state index contributed by atoms with van der Waals surface area (Å²) < 4.78 is 0. The molecular weight excluding hydrogens is 250 g/mol. The summed E-state index contributed by atoms with van der Waals surface area (Å²) in [6.07, 6.45) is 9.60. The average molecular weight is 279 g/mol. The largest absolute Gasteiger partial charge is 0.352 e. The van der Waals surface area contributed by atoms with E-state index in [9.17, 15) is 4.79 Å². The molecular formula is C16H29N3O. The number of nitrogens with two attached hydrogens (primary N) is 1. The first-order valence-electron chi connectivity index (χ1n) is 8.44. The highest BCUT2D eigenvalue weighted by atomic mass is 16.2. The molecule has 0 aromatic rings. The highest BCUT2D eigenvalue weighted by molar-refractivity contribution is 5.78. The van der Waals surface area contributed by atoms with Crippen LogP contribution in [0.3, 0.4) is 0 Å². The van der Waals surface area contributed by atoms with Gasteiger partial charge in [0.25, 0.3) is 0 Å². The van der Waals surface area contributed by atoms with Gasteiger partial charge in [-0.05, 0) is 44.4 Å². The van der Waals surface area contributed by atoms with Crippen LogP contribution in [0.1, 0.15) is 58.3 Å². The van der Waals surface area contributed by atoms with Gasteiger partial charge in [0.2, 0.25) is 5.91 Å². The normalized spacial score (nSPS) is 41.6. The molecule has 20 heavy (non-hydrogen) atoms. The predicted octanol–water partition coefficient (Wildman–Crippen LogP) is 1.64. The van der Waals surface area contributed by atoms with E-state index in [-0.39, 0.29) is 5.91 Å². The third-order valence-electron chi connectivity index (χ3n) is 5.70. The highest BCUT2D eigenvalue weighted by Gasteiger charge is 2.40. The molecule has 2 saturated heterocycles. The van der Waals surface area contributed by atoms with Crippen molar-refractivity contribution in [3.05, 3.63) is 0 Å². The lowest BCUT2D eigenvalue weighted by Gasteiger charge is -2.38. The fourth-order valence-corrected chi connectivity index (χ4v) is 4.52. The molecule has 114 valence electrons. The number of hydrogen-bond donors (Lipinski definition) is 2. The monoisotopic (exact) mass is 279 g/mol. The van der Waals surface area contributed by atoms with E-state index in [1.54, 1.807) is 0 Å². The topological polar surface area (TPSA) is 58.4 Å². The molecule has 2 aliphatic heterocycles. The number of rotatable bonds is 3. The Labute approximate surface area is 122 Å². The van der Waals surface area contributed by atoms with Gasteiger partial charge in [-0.25, -0.2) is 0 Å². The zero-order valence-corrected chi connectivity index (χ0v) is 12.7. The van der Waals surface area contributed by atoms with Crippen LogP contribution in [0.25, 0.3) is 0 Å². The third kappa shape index (κ3) is 3.01. The third-order valence-corrected chi connectivity index (χ3v) is 5.70. The van der Waals surface area contributed by atoms with Crippen LogP contribution in [0.15, 0.2) is 0 Å². The van der Waals surface area contributed by atoms with Crippen molar-refractivity contribution in [2.45, 2.75) is 82.5 Å². The van der Waals surface area contributed by atoms with E-state index < -0.39 is 0 Å². The van der Waals surface area contributed by atoms with Crippen molar-refractivity contribution in [3.63, 3.8) is 0 Å². The van der Waals surface area contributed by atoms with Crippen LogP contribution >= 0.6 is 0 Å². The first-order valence-corrected chi connectivity index (χ1v) is 8.44. The lowest BCUT2D eigenvalue weighted by atomic mass is 9.86. The number of amides is 1. The fraction of sp³-hybridized carbons (Fsp3) is 0.938. The zero-order valence-electron chi connectivity index (χ0n) is 12.7. The molecule has 4 nitrogen and oxygen atoms in total. The van der Waals surface area contributed by atoms with Gasteiger partial charge in [-0.1, -0.05) is 19.8 Å². The Bertz CT molecular complexity index is 346. The Morgan fingerprint density at radius 2 is 1.80 bits per heavy atom. The van der Waals surface area contributed by atoms with Crippen LogP contribution in [0, 0.1) is 5.92 Å². The molecule has 1 amide bonds. The van der Waals surface area contributed by atoms with Crippen LogP contribution in [0.4, 0.5) is 0 Å². The summed E-state index contributed by atoms with van der Waals surface area (Å²) in [5.41, 5.74) is 6.09. The van der Waals surface area contributed by atoms with Crippen LogP contribution in [-0.4, -0.2) is 41.5 Å². The van der Waals surface area contributed by atoms with Crippen LogP contribution in [-0.2, 0) is 4.79 Å². The summed E-state index contributed by atoms with van der Waals surface area (Å²) in [6, 6.07) is 1.86. The van der Waals surface area contributed by atoms with Crippen molar-refractivity contribution in [1.82, 2.24) is 10.2 Å². The minimum absolute atomic E-state index is 0.233. The molecule has 2 heterocycles. The van der Waals surface area contributed by atoms with Gasteiger partial charge < -0.3 is 11.1 Å². The molecule has 4 unspecified atom stereocenters. The number of nitrogens with one attached hydrogen (secondary N) is 1. The average Bonchev–Trinajstić information content (AvgIpc) is 2.65. The smallest absolute Gasteiger partial charge is 0.234 e. The van der Waals surface area contributed by atoms with E-state index in [4.69, 9.17) is 5.73 Å². The number of fused-ring (bicyclic) bond motifs is 2. The molecule has 1 saturated carbocycles. The summed E-state index contributed by atoms with van der Waals surface area (Å²) in [6.45, 7) is 2.86. The maximum absolute atomic E-state index is 12.3. The predicted molar refractivity (Wildman–Crippen MR) is 80.3 cm³/mol. The Hall–Kier alpha value is -0.610. The minimum Gasteiger partial charge on any atom is -0.352 e. The van der Waals surface area contributed by atoms with Gasteiger partial charge in [-0.15, -0.1) is 0 Å². The maximum atomic E-state index is 12.3. The number of carbonyl (C=O) groups excluding carboxylic acids is 1. The fourth-order valence-electron chi connectivity index (χ4n) is 4.52. The Balaban J connectivity index is 1.52. The van der Waals surface area contributed by atoms with Crippen molar-refractivity contribution in [1.29, 1.82) is 0 Å². The molecule has 3 N–H and O–H groups in total. The maximum Gasteiger partial charge on any atom is 0.234 e. The molecule has 1 aliphatic carbocycles. The van der Waals surface area contributed by atoms with Crippen molar-refractivity contribution in [2.75, 3.05) is 6.54 Å². The first-order chi connectivity index (χ1) is 9.63. The van der Waals surface area contributed by atoms with Gasteiger partial charge in [0, 0.05) is 24.2 Å². The summed E-state index contributed by atoms with van der Waals surface area (Å²) in [5, 5.41) is 3.28. The van der Waals surface area contributed by atoms with Crippen molar-refractivity contribution >= 4 is 5.91 Å². The summed E-state index contributed by atoms with van der Waals surface area (Å²) in [7, 11) is 0. The number of piperidine rings is 1. The van der Waals surface area contributed by atoms with E-state index in [2.05, 4.69) is 17.1 Å². The molecule has 0 radical (unpaired) electrons. The second kappa shape index (κ2) is 6.02. The highest BCUT2D eigenvalue weighted by Crippen LogP contribution is 2.34. The van der Waals surface area contributed by atoms with E-state index in [1.165, 1.54) is 32.1 Å². The van der Waals surface area contributed by atoms with E-state index in [0.29, 0.717) is 36.6 Å². The van der Waals surface area contributed by atoms with Gasteiger partial charge in [-0.2, -0.15) is 0 Å². The van der Waals surface area contributed by atoms with E-state index in [1.807, 2.05) is 0 Å². The molecule has 3 aliphatic rings. The second-order valence-electron chi connectivity index (χ2n) is 7.22. The van der Waals surface area contributed by atoms with Crippen LogP contribution in [0.5, 0.6) is 0 Å². The Kier molecular flexibility index (Phi) is 4.32. The second-order valence-corrected chi connectivity index (χ2v) is 7.22. The molecule has 0 spiro atoms. The minimum atomic E-state index is 0.233. The van der Waals surface area contributed by atoms with Crippen LogP contribution < -0.4 is 11.1 Å². The van der Waals surface area contributed by atoms with Crippen molar-refractivity contribution < 1.29 is 4.79 Å². The number of hydrogen-bond acceptors (Lipinski definition) is 3. The molecule has 0 aromatic heterocycles. The van der Waals surface area contributed by atoms with E-state index >= 15 is 0 Å². The molecule has 3 rings (SSSR count). The first kappa shape index (κ1) is 14.3. The SMILES string of the molecule is CC1CCCCC1NC(=O)CN1C2CCC1CC(N)C2. The van der Waals surface area contributed by atoms with Gasteiger partial charge in [-0.3, -0.25) is 9.69 Å². The van der Waals surface area contributed by atoms with Gasteiger partial charge in [0.1, 0.15) is 0 Å². The molecule has 4 heteroatoms. The molecule has 4 atom stereocenters. The molecule has 0 aromatic carbocycles. The number of nitrogens with zero attached hydrogens (tertiary/aromatic N) is 1. The van der Waals surface area contributed by atoms with E-state index in [0.717, 1.165) is 19.3 Å². The summed E-state index contributed by atoms with van der Waals surface area (Å²) in [4.78, 5) is 14.8. The Morgan fingerprint density at radius 1 is 1.15 bits per heavy atom. The van der Waals surface area contributed by atoms with Crippen molar-refractivity contribution in [2.24, 2.45) is 11.7 Å². The Morgan fingerprint density at radius 3 is 2.45 bits per heavy atom. The standard InChI is InChI=1S/C16H29N3O/c1-11-4-2-3-5-15(11)18-16(20)10-19-13-6-7-14(19)9-12(17)8-13/h11-15H,2-10,17H2,1H3,(H,18,20). The van der Waals surface area contributed by atoms with Gasteiger partial charge in [0.15, 0.2) is 0 Å². The molecule has 2 bridgehead atoms. The van der Waals surface area contributed by atoms with Crippen molar-refractivity contribution in [3.8, 4) is 0 Å². The number of carbonyl (C=O) groups is 1. The zero-order chi connectivity index (χ0) is 14.1. The quantitative estimate of drug-likeness (QED) is 0.825. The lowest BCUT2D eigenvalue weighted by molar-refractivity contribution is -0.124. The van der Waals surface area contributed by atoms with Gasteiger partial charge in [0.05, 0.1) is 6.54 Å².